The number of benzene rings is 3. The monoisotopic (exact) mass is 408 g/mol. The molecule has 150 valence electrons. The quantitative estimate of drug-likeness (QED) is 0.377. The first-order chi connectivity index (χ1) is 15.1. The maximum atomic E-state index is 13.6. The number of Topliss-reactive ketones (excluding diaryl/α,β-unsaturated/α-hetero) is 2. The second-order valence-corrected chi connectivity index (χ2v) is 7.25. The third-order valence-corrected chi connectivity index (χ3v) is 5.39. The summed E-state index contributed by atoms with van der Waals surface area (Å²) in [7, 11) is 0. The Bertz CT molecular complexity index is 1280. The van der Waals surface area contributed by atoms with Crippen LogP contribution in [0.3, 0.4) is 0 Å². The molecule has 0 saturated heterocycles. The van der Waals surface area contributed by atoms with Crippen molar-refractivity contribution in [2.45, 2.75) is 6.54 Å². The summed E-state index contributed by atoms with van der Waals surface area (Å²) >= 11 is 0. The maximum absolute atomic E-state index is 13.6. The summed E-state index contributed by atoms with van der Waals surface area (Å²) in [5, 5.41) is 0. The Morgan fingerprint density at radius 3 is 1.94 bits per heavy atom. The van der Waals surface area contributed by atoms with Crippen molar-refractivity contribution in [1.82, 2.24) is 0 Å². The molecule has 6 heteroatoms. The smallest absolute Gasteiger partial charge is 0.301 e. The topological polar surface area (TPSA) is 74.8 Å². The Morgan fingerprint density at radius 1 is 0.677 bits per heavy atom. The summed E-state index contributed by atoms with van der Waals surface area (Å²) in [5.41, 5.74) is 1.48. The zero-order valence-corrected chi connectivity index (χ0v) is 16.3. The molecule has 0 unspecified atom stereocenters. The van der Waals surface area contributed by atoms with Crippen molar-refractivity contribution in [1.29, 1.82) is 0 Å². The molecule has 0 radical (unpaired) electrons. The highest BCUT2D eigenvalue weighted by molar-refractivity contribution is 6.60. The van der Waals surface area contributed by atoms with Crippen molar-refractivity contribution in [2.75, 3.05) is 9.80 Å². The van der Waals surface area contributed by atoms with Crippen LogP contribution >= 0.6 is 0 Å². The molecular formula is C25H16N2O4. The number of hydrogen-bond acceptors (Lipinski definition) is 4. The molecule has 2 amide bonds. The minimum Gasteiger partial charge on any atom is -0.301 e. The zero-order chi connectivity index (χ0) is 21.5. The van der Waals surface area contributed by atoms with E-state index in [9.17, 15) is 19.2 Å². The molecule has 2 aliphatic rings. The largest absolute Gasteiger partial charge is 0.304 e. The number of amides is 2. The van der Waals surface area contributed by atoms with E-state index in [0.29, 0.717) is 11.4 Å². The lowest BCUT2D eigenvalue weighted by Crippen LogP contribution is -2.44. The van der Waals surface area contributed by atoms with Crippen molar-refractivity contribution in [3.8, 4) is 0 Å². The molecule has 6 nitrogen and oxygen atoms in total. The van der Waals surface area contributed by atoms with Gasteiger partial charge in [0.25, 0.3) is 11.7 Å². The van der Waals surface area contributed by atoms with E-state index in [-0.39, 0.29) is 23.4 Å². The zero-order valence-electron chi connectivity index (χ0n) is 16.3. The van der Waals surface area contributed by atoms with Crippen molar-refractivity contribution >= 4 is 34.8 Å². The van der Waals surface area contributed by atoms with Crippen LogP contribution in [0, 0.1) is 0 Å². The normalized spacial score (nSPS) is 15.3. The highest BCUT2D eigenvalue weighted by atomic mass is 16.2. The van der Waals surface area contributed by atoms with Crippen LogP contribution in [0.5, 0.6) is 0 Å². The highest BCUT2D eigenvalue weighted by Gasteiger charge is 2.50. The number of hydrogen-bond donors (Lipinski definition) is 0. The molecule has 3 aromatic carbocycles. The Hall–Kier alpha value is -4.32. The number of rotatable bonds is 4. The minimum absolute atomic E-state index is 0.182. The van der Waals surface area contributed by atoms with Crippen LogP contribution in [-0.4, -0.2) is 23.4 Å². The van der Waals surface area contributed by atoms with Crippen LogP contribution in [0.4, 0.5) is 11.4 Å². The van der Waals surface area contributed by atoms with Gasteiger partial charge in [-0.05, 0) is 17.7 Å². The predicted octanol–water partition coefficient (Wildman–Crippen LogP) is 3.29. The lowest BCUT2D eigenvalue weighted by atomic mass is 9.99. The van der Waals surface area contributed by atoms with Gasteiger partial charge in [-0.25, -0.2) is 0 Å². The third-order valence-electron chi connectivity index (χ3n) is 5.39. The van der Waals surface area contributed by atoms with Crippen LogP contribution in [0.1, 0.15) is 15.9 Å². The van der Waals surface area contributed by atoms with E-state index in [1.54, 1.807) is 54.6 Å². The van der Waals surface area contributed by atoms with E-state index in [2.05, 4.69) is 0 Å². The van der Waals surface area contributed by atoms with Gasteiger partial charge in [0.15, 0.2) is 5.78 Å². The molecule has 31 heavy (non-hydrogen) atoms. The Kier molecular flexibility index (Phi) is 4.33. The molecule has 2 aliphatic heterocycles. The van der Waals surface area contributed by atoms with Gasteiger partial charge in [0, 0.05) is 5.56 Å². The SMILES string of the molecule is O=C1C(=O)N2C(=C1C(=O)c1ccccc1)C(=O)N(Cc1ccccc1)c1ccccc12. The van der Waals surface area contributed by atoms with E-state index in [1.165, 1.54) is 4.90 Å². The number of ketones is 2. The number of anilines is 2. The van der Waals surface area contributed by atoms with Crippen molar-refractivity contribution in [2.24, 2.45) is 0 Å². The summed E-state index contributed by atoms with van der Waals surface area (Å²) in [5.74, 6) is -3.05. The van der Waals surface area contributed by atoms with Gasteiger partial charge in [-0.1, -0.05) is 72.8 Å². The number of carbonyl (C=O) groups excluding carboxylic acids is 4. The molecule has 0 aromatic heterocycles. The number of para-hydroxylation sites is 2. The third kappa shape index (κ3) is 2.88. The first kappa shape index (κ1) is 18.7. The van der Waals surface area contributed by atoms with Crippen molar-refractivity contribution in [3.05, 3.63) is 107 Å². The summed E-state index contributed by atoms with van der Waals surface area (Å²) < 4.78 is 0. The van der Waals surface area contributed by atoms with Gasteiger partial charge in [-0.2, -0.15) is 0 Å². The minimum atomic E-state index is -0.964. The van der Waals surface area contributed by atoms with Crippen LogP contribution in [0.25, 0.3) is 0 Å². The summed E-state index contributed by atoms with van der Waals surface area (Å²) in [6.45, 7) is 0.239. The average molecular weight is 408 g/mol. The number of carbonyl (C=O) groups is 4. The Balaban J connectivity index is 1.70. The standard InChI is InChI=1S/C25H16N2O4/c28-22(17-11-5-2-6-12-17)20-21-24(30)26(15-16-9-3-1-4-10-16)18-13-7-8-14-19(18)27(21)25(31)23(20)29/h1-14H,15H2. The lowest BCUT2D eigenvalue weighted by Gasteiger charge is -2.35. The van der Waals surface area contributed by atoms with E-state index in [0.717, 1.165) is 10.5 Å². The van der Waals surface area contributed by atoms with Crippen LogP contribution in [-0.2, 0) is 20.9 Å². The lowest BCUT2D eigenvalue weighted by molar-refractivity contribution is -0.132. The van der Waals surface area contributed by atoms with Crippen LogP contribution < -0.4 is 9.80 Å². The van der Waals surface area contributed by atoms with Gasteiger partial charge in [-0.3, -0.25) is 24.1 Å². The van der Waals surface area contributed by atoms with Gasteiger partial charge < -0.3 is 4.90 Å². The summed E-state index contributed by atoms with van der Waals surface area (Å²) in [6.07, 6.45) is 0. The molecule has 2 heterocycles. The maximum Gasteiger partial charge on any atom is 0.304 e. The van der Waals surface area contributed by atoms with E-state index < -0.39 is 23.4 Å². The molecule has 0 spiro atoms. The van der Waals surface area contributed by atoms with Crippen LogP contribution in [0.15, 0.2) is 96.2 Å². The van der Waals surface area contributed by atoms with Crippen LogP contribution in [0.2, 0.25) is 0 Å². The molecule has 0 saturated carbocycles. The fourth-order valence-electron chi connectivity index (χ4n) is 3.95. The van der Waals surface area contributed by atoms with Crippen molar-refractivity contribution < 1.29 is 19.2 Å². The first-order valence-corrected chi connectivity index (χ1v) is 9.75. The highest BCUT2D eigenvalue weighted by Crippen LogP contribution is 2.42. The average Bonchev–Trinajstić information content (AvgIpc) is 3.08. The summed E-state index contributed by atoms with van der Waals surface area (Å²) in [4.78, 5) is 55.1. The summed E-state index contributed by atoms with van der Waals surface area (Å²) in [6, 6.07) is 24.4. The fraction of sp³-hybridized carbons (Fsp3) is 0.0400. The van der Waals surface area contributed by atoms with Gasteiger partial charge in [0.05, 0.1) is 17.9 Å². The molecule has 0 atom stereocenters. The van der Waals surface area contributed by atoms with E-state index >= 15 is 0 Å². The number of fused-ring (bicyclic) bond motifs is 3. The Morgan fingerprint density at radius 2 is 1.26 bits per heavy atom. The molecule has 3 aromatic rings. The Labute approximate surface area is 178 Å². The van der Waals surface area contributed by atoms with E-state index in [1.807, 2.05) is 30.3 Å². The predicted molar refractivity (Wildman–Crippen MR) is 114 cm³/mol. The molecule has 0 aliphatic carbocycles. The van der Waals surface area contributed by atoms with Gasteiger partial charge >= 0.3 is 5.91 Å². The second-order valence-electron chi connectivity index (χ2n) is 7.25. The van der Waals surface area contributed by atoms with Gasteiger partial charge in [-0.15, -0.1) is 0 Å². The van der Waals surface area contributed by atoms with Crippen molar-refractivity contribution in [3.63, 3.8) is 0 Å². The molecule has 0 fully saturated rings. The molecule has 0 N–H and O–H groups in total. The fourth-order valence-corrected chi connectivity index (χ4v) is 3.95. The molecule has 0 bridgehead atoms. The van der Waals surface area contributed by atoms with Gasteiger partial charge in [0.2, 0.25) is 0 Å². The molecular weight excluding hydrogens is 392 g/mol. The van der Waals surface area contributed by atoms with Gasteiger partial charge in [0.1, 0.15) is 11.3 Å². The molecule has 5 rings (SSSR count). The first-order valence-electron chi connectivity index (χ1n) is 9.75. The second kappa shape index (κ2) is 7.18. The van der Waals surface area contributed by atoms with E-state index in [4.69, 9.17) is 0 Å². The number of nitrogens with zero attached hydrogens (tertiary/aromatic N) is 2.